The van der Waals surface area contributed by atoms with Gasteiger partial charge < -0.3 is 4.74 Å². The summed E-state index contributed by atoms with van der Waals surface area (Å²) in [7, 11) is -3.84. The van der Waals surface area contributed by atoms with Crippen LogP contribution in [-0.2, 0) is 30.8 Å². The Morgan fingerprint density at radius 2 is 1.65 bits per heavy atom. The molecule has 2 aliphatic rings. The van der Waals surface area contributed by atoms with Crippen LogP contribution in [0.3, 0.4) is 0 Å². The van der Waals surface area contributed by atoms with Crippen LogP contribution in [0.2, 0.25) is 0 Å². The van der Waals surface area contributed by atoms with Crippen LogP contribution in [0.1, 0.15) is 54.8 Å². The van der Waals surface area contributed by atoms with Gasteiger partial charge in [0.2, 0.25) is 15.8 Å². The topological polar surface area (TPSA) is 89.5 Å². The third kappa shape index (κ3) is 4.72. The van der Waals surface area contributed by atoms with E-state index < -0.39 is 33.9 Å². The van der Waals surface area contributed by atoms with Gasteiger partial charge in [-0.2, -0.15) is 4.72 Å². The fourth-order valence-electron chi connectivity index (χ4n) is 4.49. The lowest BCUT2D eigenvalue weighted by Crippen LogP contribution is -2.38. The molecule has 0 amide bonds. The van der Waals surface area contributed by atoms with E-state index in [1.807, 2.05) is 31.2 Å². The van der Waals surface area contributed by atoms with Crippen LogP contribution in [0.5, 0.6) is 0 Å². The van der Waals surface area contributed by atoms with Crippen LogP contribution in [-0.4, -0.2) is 26.3 Å². The average molecular weight is 442 g/mol. The molecule has 0 radical (unpaired) electrons. The van der Waals surface area contributed by atoms with Gasteiger partial charge in [0.05, 0.1) is 10.9 Å². The smallest absolute Gasteiger partial charge is 0.375 e. The van der Waals surface area contributed by atoms with Gasteiger partial charge in [0.25, 0.3) is 0 Å². The fourth-order valence-corrected chi connectivity index (χ4v) is 5.73. The van der Waals surface area contributed by atoms with Crippen LogP contribution in [0.4, 0.5) is 0 Å². The molecular formula is C24H27NO5S. The zero-order chi connectivity index (χ0) is 22.0. The van der Waals surface area contributed by atoms with Crippen molar-refractivity contribution >= 4 is 21.8 Å². The Labute approximate surface area is 183 Å². The van der Waals surface area contributed by atoms with Gasteiger partial charge in [-0.15, -0.1) is 0 Å². The van der Waals surface area contributed by atoms with Crippen LogP contribution in [0.25, 0.3) is 0 Å². The highest BCUT2D eigenvalue weighted by atomic mass is 32.2. The summed E-state index contributed by atoms with van der Waals surface area (Å²) in [5.41, 5.74) is 2.63. The van der Waals surface area contributed by atoms with Gasteiger partial charge >= 0.3 is 5.97 Å². The highest BCUT2D eigenvalue weighted by molar-refractivity contribution is 7.89. The van der Waals surface area contributed by atoms with Crippen molar-refractivity contribution in [3.05, 3.63) is 65.2 Å². The maximum atomic E-state index is 13.0. The standard InChI is InChI=1S/C24H27NO5S/c1-16-11-13-19(14-12-16)31(28,29)25-22-20-10-6-5-9-18(20)15-21(22)30-24(27)23(26)17-7-3-2-4-8-17/h5-6,9-14,17,21-22,25H,2-4,7-8,15H2,1H3/t21-,22+/m1/s1. The quantitative estimate of drug-likeness (QED) is 0.546. The van der Waals surface area contributed by atoms with Crippen molar-refractivity contribution in [1.29, 1.82) is 0 Å². The monoisotopic (exact) mass is 441 g/mol. The van der Waals surface area contributed by atoms with Crippen LogP contribution >= 0.6 is 0 Å². The minimum atomic E-state index is -3.84. The molecule has 164 valence electrons. The lowest BCUT2D eigenvalue weighted by atomic mass is 9.86. The predicted molar refractivity (Wildman–Crippen MR) is 116 cm³/mol. The van der Waals surface area contributed by atoms with Crippen molar-refractivity contribution in [2.75, 3.05) is 0 Å². The Balaban J connectivity index is 1.55. The van der Waals surface area contributed by atoms with Gasteiger partial charge in [-0.3, -0.25) is 4.79 Å². The molecule has 0 unspecified atom stereocenters. The number of fused-ring (bicyclic) bond motifs is 1. The first kappa shape index (κ1) is 21.7. The number of esters is 1. The van der Waals surface area contributed by atoms with E-state index in [1.165, 1.54) is 0 Å². The molecule has 2 atom stereocenters. The van der Waals surface area contributed by atoms with Gasteiger partial charge in [-0.1, -0.05) is 61.2 Å². The zero-order valence-corrected chi connectivity index (χ0v) is 18.4. The number of benzene rings is 2. The molecule has 4 rings (SSSR count). The third-order valence-electron chi connectivity index (χ3n) is 6.23. The van der Waals surface area contributed by atoms with Crippen LogP contribution in [0.15, 0.2) is 53.4 Å². The largest absolute Gasteiger partial charge is 0.454 e. The number of hydrogen-bond donors (Lipinski definition) is 1. The predicted octanol–water partition coefficient (Wildman–Crippen LogP) is 3.63. The minimum absolute atomic E-state index is 0.144. The van der Waals surface area contributed by atoms with E-state index in [0.717, 1.165) is 36.0 Å². The van der Waals surface area contributed by atoms with E-state index in [-0.39, 0.29) is 10.8 Å². The van der Waals surface area contributed by atoms with Crippen molar-refractivity contribution in [1.82, 2.24) is 4.72 Å². The fraction of sp³-hybridized carbons (Fsp3) is 0.417. The van der Waals surface area contributed by atoms with Crippen molar-refractivity contribution in [2.45, 2.75) is 62.5 Å². The number of ether oxygens (including phenoxy) is 1. The highest BCUT2D eigenvalue weighted by Gasteiger charge is 2.40. The number of sulfonamides is 1. The molecule has 0 aliphatic heterocycles. The Kier molecular flexibility index (Phi) is 6.25. The number of aryl methyl sites for hydroxylation is 1. The Morgan fingerprint density at radius 1 is 0.968 bits per heavy atom. The van der Waals surface area contributed by atoms with Crippen molar-refractivity contribution < 1.29 is 22.7 Å². The first-order chi connectivity index (χ1) is 14.8. The molecule has 6 nitrogen and oxygen atoms in total. The number of hydrogen-bond acceptors (Lipinski definition) is 5. The van der Waals surface area contributed by atoms with Crippen molar-refractivity contribution in [2.24, 2.45) is 5.92 Å². The van der Waals surface area contributed by atoms with Crippen LogP contribution < -0.4 is 4.72 Å². The molecule has 0 aromatic heterocycles. The number of nitrogens with one attached hydrogen (secondary N) is 1. The maximum absolute atomic E-state index is 13.0. The van der Waals surface area contributed by atoms with Gasteiger partial charge in [-0.05, 0) is 43.0 Å². The summed E-state index contributed by atoms with van der Waals surface area (Å²) in [6.45, 7) is 1.88. The molecule has 0 heterocycles. The number of rotatable bonds is 6. The molecule has 1 fully saturated rings. The normalized spacial score (nSPS) is 21.5. The molecule has 31 heavy (non-hydrogen) atoms. The Morgan fingerprint density at radius 3 is 2.35 bits per heavy atom. The average Bonchev–Trinajstić information content (AvgIpc) is 3.10. The molecular weight excluding hydrogens is 414 g/mol. The summed E-state index contributed by atoms with van der Waals surface area (Å²) in [4.78, 5) is 25.4. The molecule has 0 saturated heterocycles. The second kappa shape index (κ2) is 8.93. The highest BCUT2D eigenvalue weighted by Crippen LogP contribution is 2.35. The van der Waals surface area contributed by atoms with E-state index >= 15 is 0 Å². The van der Waals surface area contributed by atoms with Crippen molar-refractivity contribution in [3.8, 4) is 0 Å². The van der Waals surface area contributed by atoms with E-state index in [1.54, 1.807) is 24.3 Å². The van der Waals surface area contributed by atoms with Gasteiger partial charge in [0.15, 0.2) is 0 Å². The SMILES string of the molecule is Cc1ccc(S(=O)(=O)N[C@H]2c3ccccc3C[C@H]2OC(=O)C(=O)C2CCCCC2)cc1. The second-order valence-electron chi connectivity index (χ2n) is 8.46. The Bertz CT molecular complexity index is 1070. The molecule has 0 bridgehead atoms. The molecule has 7 heteroatoms. The molecule has 2 aromatic rings. The molecule has 2 aromatic carbocycles. The summed E-state index contributed by atoms with van der Waals surface area (Å²) in [5.74, 6) is -1.63. The molecule has 1 saturated carbocycles. The number of carbonyl (C=O) groups is 2. The van der Waals surface area contributed by atoms with E-state index in [9.17, 15) is 18.0 Å². The second-order valence-corrected chi connectivity index (χ2v) is 10.2. The Hall–Kier alpha value is -2.51. The zero-order valence-electron chi connectivity index (χ0n) is 17.5. The summed E-state index contributed by atoms with van der Waals surface area (Å²) >= 11 is 0. The summed E-state index contributed by atoms with van der Waals surface area (Å²) in [6.07, 6.45) is 3.98. The number of Topliss-reactive ketones (excluding diaryl/α,β-unsaturated/α-hetero) is 1. The van der Waals surface area contributed by atoms with E-state index in [4.69, 9.17) is 4.74 Å². The summed E-state index contributed by atoms with van der Waals surface area (Å²) in [5, 5.41) is 0. The minimum Gasteiger partial charge on any atom is -0.454 e. The van der Waals surface area contributed by atoms with Gasteiger partial charge in [0, 0.05) is 12.3 Å². The number of carbonyl (C=O) groups excluding carboxylic acids is 2. The molecule has 1 N–H and O–H groups in total. The maximum Gasteiger partial charge on any atom is 0.375 e. The van der Waals surface area contributed by atoms with Gasteiger partial charge in [0.1, 0.15) is 6.10 Å². The molecule has 2 aliphatic carbocycles. The third-order valence-corrected chi connectivity index (χ3v) is 7.69. The first-order valence-corrected chi connectivity index (χ1v) is 12.2. The van der Waals surface area contributed by atoms with E-state index in [2.05, 4.69) is 4.72 Å². The summed E-state index contributed by atoms with van der Waals surface area (Å²) in [6, 6.07) is 13.2. The van der Waals surface area contributed by atoms with E-state index in [0.29, 0.717) is 19.3 Å². The summed E-state index contributed by atoms with van der Waals surface area (Å²) < 4.78 is 34.3. The van der Waals surface area contributed by atoms with Gasteiger partial charge in [-0.25, -0.2) is 13.2 Å². The molecule has 0 spiro atoms. The lowest BCUT2D eigenvalue weighted by molar-refractivity contribution is -0.160. The van der Waals surface area contributed by atoms with Crippen molar-refractivity contribution in [3.63, 3.8) is 0 Å². The number of ketones is 1. The van der Waals surface area contributed by atoms with Crippen LogP contribution in [0, 0.1) is 12.8 Å². The lowest BCUT2D eigenvalue weighted by Gasteiger charge is -2.24. The first-order valence-electron chi connectivity index (χ1n) is 10.8.